The molecule has 0 aliphatic rings. The summed E-state index contributed by atoms with van der Waals surface area (Å²) in [6.45, 7) is 2.35. The molecule has 0 saturated carbocycles. The SMILES string of the molecule is CCOC(=O)C(F)C(=O)O.CCOC(=O)C(F)CO. The van der Waals surface area contributed by atoms with Crippen LogP contribution in [0.15, 0.2) is 0 Å². The maximum atomic E-state index is 12.0. The zero-order valence-electron chi connectivity index (χ0n) is 10.5. The van der Waals surface area contributed by atoms with Gasteiger partial charge in [0.15, 0.2) is 0 Å². The summed E-state index contributed by atoms with van der Waals surface area (Å²) >= 11 is 0. The molecule has 0 saturated heterocycles. The summed E-state index contributed by atoms with van der Waals surface area (Å²) < 4.78 is 32.3. The van der Waals surface area contributed by atoms with E-state index < -0.39 is 36.9 Å². The highest BCUT2D eigenvalue weighted by molar-refractivity contribution is 5.96. The Morgan fingerprint density at radius 2 is 1.47 bits per heavy atom. The molecule has 0 spiro atoms. The molecule has 0 radical (unpaired) electrons. The van der Waals surface area contributed by atoms with Gasteiger partial charge in [-0.3, -0.25) is 0 Å². The first kappa shape index (κ1) is 19.6. The molecule has 0 heterocycles. The van der Waals surface area contributed by atoms with Crippen molar-refractivity contribution in [3.05, 3.63) is 0 Å². The summed E-state index contributed by atoms with van der Waals surface area (Å²) in [6, 6.07) is 0. The number of carbonyl (C=O) groups is 3. The minimum absolute atomic E-state index is 0.0213. The van der Waals surface area contributed by atoms with Crippen LogP contribution in [0.25, 0.3) is 0 Å². The van der Waals surface area contributed by atoms with Gasteiger partial charge in [0.2, 0.25) is 6.17 Å². The predicted octanol–water partition coefficient (Wildman–Crippen LogP) is -0.148. The number of hydrogen-bond acceptors (Lipinski definition) is 6. The van der Waals surface area contributed by atoms with E-state index in [0.717, 1.165) is 0 Å². The Morgan fingerprint density at radius 3 is 1.79 bits per heavy atom. The van der Waals surface area contributed by atoms with Gasteiger partial charge in [-0.1, -0.05) is 0 Å². The average Bonchev–Trinajstić information content (AvgIpc) is 2.37. The van der Waals surface area contributed by atoms with Crippen molar-refractivity contribution in [2.24, 2.45) is 0 Å². The average molecular weight is 286 g/mol. The van der Waals surface area contributed by atoms with Gasteiger partial charge in [-0.25, -0.2) is 23.2 Å². The summed E-state index contributed by atoms with van der Waals surface area (Å²) in [5, 5.41) is 16.0. The van der Waals surface area contributed by atoms with Gasteiger partial charge in [0.25, 0.3) is 6.17 Å². The number of aliphatic hydroxyl groups is 1. The quantitative estimate of drug-likeness (QED) is 0.516. The molecule has 0 rings (SSSR count). The predicted molar refractivity (Wildman–Crippen MR) is 57.8 cm³/mol. The summed E-state index contributed by atoms with van der Waals surface area (Å²) in [5.74, 6) is -4.17. The van der Waals surface area contributed by atoms with Crippen LogP contribution in [-0.2, 0) is 23.9 Å². The molecule has 0 aromatic rings. The molecule has 2 N–H and O–H groups in total. The number of carboxylic acid groups (broad SMARTS) is 1. The van der Waals surface area contributed by atoms with Gasteiger partial charge in [-0.15, -0.1) is 0 Å². The molecule has 0 aromatic heterocycles. The Labute approximate surface area is 108 Å². The van der Waals surface area contributed by atoms with Crippen molar-refractivity contribution < 1.29 is 42.9 Å². The van der Waals surface area contributed by atoms with E-state index in [-0.39, 0.29) is 13.2 Å². The third-order valence-corrected chi connectivity index (χ3v) is 1.41. The minimum Gasteiger partial charge on any atom is -0.479 e. The number of rotatable bonds is 6. The molecule has 7 nitrogen and oxygen atoms in total. The Kier molecular flexibility index (Phi) is 11.7. The standard InChI is InChI=1S/C5H7FO4.C5H9FO3/c1-2-10-5(9)3(6)4(7)8;1-2-9-5(8)4(6)3-7/h3H,2H2,1H3,(H,7,8);4,7H,2-3H2,1H3. The van der Waals surface area contributed by atoms with Crippen LogP contribution < -0.4 is 0 Å². The topological polar surface area (TPSA) is 110 Å². The second-order valence-electron chi connectivity index (χ2n) is 2.86. The van der Waals surface area contributed by atoms with E-state index in [1.54, 1.807) is 6.92 Å². The van der Waals surface area contributed by atoms with Crippen LogP contribution in [0.3, 0.4) is 0 Å². The smallest absolute Gasteiger partial charge is 0.352 e. The fourth-order valence-electron chi connectivity index (χ4n) is 0.623. The van der Waals surface area contributed by atoms with E-state index >= 15 is 0 Å². The molecule has 2 atom stereocenters. The highest BCUT2D eigenvalue weighted by Crippen LogP contribution is 1.94. The molecule has 0 aliphatic heterocycles. The van der Waals surface area contributed by atoms with Crippen LogP contribution in [-0.4, -0.2) is 60.3 Å². The molecule has 0 bridgehead atoms. The summed E-state index contributed by atoms with van der Waals surface area (Å²) in [5.41, 5.74) is 0. The number of esters is 2. The number of aliphatic carboxylic acids is 1. The zero-order valence-corrected chi connectivity index (χ0v) is 10.5. The van der Waals surface area contributed by atoms with Crippen LogP contribution in [0.5, 0.6) is 0 Å². The van der Waals surface area contributed by atoms with E-state index in [4.69, 9.17) is 10.2 Å². The van der Waals surface area contributed by atoms with Crippen LogP contribution in [0.4, 0.5) is 8.78 Å². The highest BCUT2D eigenvalue weighted by Gasteiger charge is 2.26. The molecule has 0 aliphatic carbocycles. The molecule has 0 fully saturated rings. The van der Waals surface area contributed by atoms with E-state index in [0.29, 0.717) is 0 Å². The third kappa shape index (κ3) is 9.89. The Hall–Kier alpha value is -1.77. The van der Waals surface area contributed by atoms with Crippen LogP contribution in [0.1, 0.15) is 13.8 Å². The largest absolute Gasteiger partial charge is 0.479 e. The normalized spacial score (nSPS) is 12.5. The summed E-state index contributed by atoms with van der Waals surface area (Å²) in [6.07, 6.45) is -4.44. The maximum Gasteiger partial charge on any atom is 0.352 e. The third-order valence-electron chi connectivity index (χ3n) is 1.41. The lowest BCUT2D eigenvalue weighted by Gasteiger charge is -2.02. The van der Waals surface area contributed by atoms with Gasteiger partial charge in [0, 0.05) is 0 Å². The van der Waals surface area contributed by atoms with E-state index in [1.807, 2.05) is 0 Å². The molecular formula is C10H16F2O7. The first-order valence-corrected chi connectivity index (χ1v) is 5.26. The number of hydrogen-bond donors (Lipinski definition) is 2. The lowest BCUT2D eigenvalue weighted by atomic mass is 10.4. The van der Waals surface area contributed by atoms with Crippen LogP contribution in [0, 0.1) is 0 Å². The van der Waals surface area contributed by atoms with Gasteiger partial charge in [0.1, 0.15) is 0 Å². The first-order valence-electron chi connectivity index (χ1n) is 5.26. The number of aliphatic hydroxyl groups excluding tert-OH is 1. The van der Waals surface area contributed by atoms with Crippen LogP contribution >= 0.6 is 0 Å². The fourth-order valence-corrected chi connectivity index (χ4v) is 0.623. The van der Waals surface area contributed by atoms with E-state index in [9.17, 15) is 23.2 Å². The van der Waals surface area contributed by atoms with Crippen molar-refractivity contribution in [1.82, 2.24) is 0 Å². The second kappa shape index (κ2) is 11.3. The first-order chi connectivity index (χ1) is 8.81. The fraction of sp³-hybridized carbons (Fsp3) is 0.700. The van der Waals surface area contributed by atoms with E-state index in [1.165, 1.54) is 6.92 Å². The number of ether oxygens (including phenoxy) is 2. The number of carbonyl (C=O) groups excluding carboxylic acids is 2. The van der Waals surface area contributed by atoms with Crippen molar-refractivity contribution in [2.45, 2.75) is 26.2 Å². The molecular weight excluding hydrogens is 270 g/mol. The van der Waals surface area contributed by atoms with Gasteiger partial charge in [0.05, 0.1) is 19.8 Å². The van der Waals surface area contributed by atoms with Crippen molar-refractivity contribution in [1.29, 1.82) is 0 Å². The monoisotopic (exact) mass is 286 g/mol. The van der Waals surface area contributed by atoms with Crippen molar-refractivity contribution in [3.8, 4) is 0 Å². The maximum absolute atomic E-state index is 12.0. The van der Waals surface area contributed by atoms with Crippen LogP contribution in [0.2, 0.25) is 0 Å². The van der Waals surface area contributed by atoms with Gasteiger partial charge in [-0.2, -0.15) is 0 Å². The lowest BCUT2D eigenvalue weighted by Crippen LogP contribution is -2.27. The van der Waals surface area contributed by atoms with Gasteiger partial charge in [-0.05, 0) is 13.8 Å². The molecule has 112 valence electrons. The lowest BCUT2D eigenvalue weighted by molar-refractivity contribution is -0.159. The summed E-state index contributed by atoms with van der Waals surface area (Å²) in [7, 11) is 0. The number of carboxylic acids is 1. The zero-order chi connectivity index (χ0) is 15.4. The number of halogens is 2. The van der Waals surface area contributed by atoms with Gasteiger partial charge >= 0.3 is 17.9 Å². The van der Waals surface area contributed by atoms with E-state index in [2.05, 4.69) is 9.47 Å². The molecule has 0 amide bonds. The Bertz CT molecular complexity index is 296. The van der Waals surface area contributed by atoms with Crippen molar-refractivity contribution in [2.75, 3.05) is 19.8 Å². The second-order valence-corrected chi connectivity index (χ2v) is 2.86. The van der Waals surface area contributed by atoms with Crippen molar-refractivity contribution in [3.63, 3.8) is 0 Å². The Balaban J connectivity index is 0. The number of alkyl halides is 2. The van der Waals surface area contributed by atoms with Crippen molar-refractivity contribution >= 4 is 17.9 Å². The summed E-state index contributed by atoms with van der Waals surface area (Å²) in [4.78, 5) is 30.2. The minimum atomic E-state index is -2.56. The Morgan fingerprint density at radius 1 is 1.05 bits per heavy atom. The molecule has 0 aromatic carbocycles. The van der Waals surface area contributed by atoms with Gasteiger partial charge < -0.3 is 19.7 Å². The molecule has 19 heavy (non-hydrogen) atoms. The highest BCUT2D eigenvalue weighted by atomic mass is 19.1. The molecule has 2 unspecified atom stereocenters. The molecule has 9 heteroatoms.